The molecule has 3 aromatic carbocycles. The Hall–Kier alpha value is -4.33. The maximum Gasteiger partial charge on any atom is 0.337 e. The third-order valence-corrected chi connectivity index (χ3v) is 4.73. The van der Waals surface area contributed by atoms with Crippen molar-refractivity contribution in [3.63, 3.8) is 0 Å². The first-order chi connectivity index (χ1) is 15.7. The fourth-order valence-corrected chi connectivity index (χ4v) is 3.07. The first-order valence-electron chi connectivity index (χ1n) is 9.88. The number of esters is 1. The maximum atomic E-state index is 11.5. The second kappa shape index (κ2) is 9.65. The molecule has 8 heteroatoms. The van der Waals surface area contributed by atoms with Crippen LogP contribution in [0.25, 0.3) is 11.0 Å². The van der Waals surface area contributed by atoms with E-state index in [0.717, 1.165) is 22.2 Å². The zero-order valence-electron chi connectivity index (χ0n) is 17.7. The molecule has 4 aromatic rings. The fourth-order valence-electron chi connectivity index (χ4n) is 3.07. The topological polar surface area (TPSA) is 97.8 Å². The third-order valence-electron chi connectivity index (χ3n) is 4.73. The molecule has 0 fully saturated rings. The Bertz CT molecular complexity index is 1220. The summed E-state index contributed by atoms with van der Waals surface area (Å²) in [6, 6.07) is 20.3. The van der Waals surface area contributed by atoms with E-state index in [1.165, 1.54) is 7.11 Å². The normalized spacial score (nSPS) is 10.9. The van der Waals surface area contributed by atoms with Crippen LogP contribution in [0.3, 0.4) is 0 Å². The van der Waals surface area contributed by atoms with Gasteiger partial charge in [-0.15, -0.1) is 0 Å². The number of ether oxygens (including phenoxy) is 3. The van der Waals surface area contributed by atoms with Crippen molar-refractivity contribution >= 4 is 29.2 Å². The highest BCUT2D eigenvalue weighted by atomic mass is 16.5. The number of anilines is 1. The Morgan fingerprint density at radius 2 is 1.88 bits per heavy atom. The molecule has 8 nitrogen and oxygen atoms in total. The highest BCUT2D eigenvalue weighted by molar-refractivity contribution is 5.89. The Balaban J connectivity index is 1.38. The van der Waals surface area contributed by atoms with Gasteiger partial charge in [-0.1, -0.05) is 24.3 Å². The molecule has 1 aromatic heterocycles. The molecule has 0 amide bonds. The maximum absolute atomic E-state index is 11.5. The molecule has 0 aliphatic carbocycles. The molecule has 0 spiro atoms. The molecule has 0 unspecified atom stereocenters. The molecule has 162 valence electrons. The number of nitrogens with one attached hydrogen (secondary N) is 2. The smallest absolute Gasteiger partial charge is 0.337 e. The monoisotopic (exact) mass is 430 g/mol. The van der Waals surface area contributed by atoms with E-state index in [1.807, 2.05) is 54.6 Å². The summed E-state index contributed by atoms with van der Waals surface area (Å²) >= 11 is 0. The van der Waals surface area contributed by atoms with Gasteiger partial charge in [0.05, 0.1) is 37.0 Å². The number of carbonyl (C=O) groups is 1. The summed E-state index contributed by atoms with van der Waals surface area (Å²) in [7, 11) is 2.94. The molecule has 0 saturated carbocycles. The van der Waals surface area contributed by atoms with Gasteiger partial charge in [-0.05, 0) is 53.6 Å². The summed E-state index contributed by atoms with van der Waals surface area (Å²) in [5.41, 5.74) is 6.95. The van der Waals surface area contributed by atoms with E-state index in [9.17, 15) is 4.79 Å². The van der Waals surface area contributed by atoms with Crippen LogP contribution >= 0.6 is 0 Å². The minimum atomic E-state index is -0.369. The number of carbonyl (C=O) groups excluding carboxylic acids is 1. The van der Waals surface area contributed by atoms with E-state index >= 15 is 0 Å². The molecule has 4 rings (SSSR count). The van der Waals surface area contributed by atoms with Gasteiger partial charge in [0, 0.05) is 0 Å². The second-order valence-electron chi connectivity index (χ2n) is 6.86. The van der Waals surface area contributed by atoms with Crippen LogP contribution < -0.4 is 14.9 Å². The number of methoxy groups -OCH3 is 2. The van der Waals surface area contributed by atoms with Gasteiger partial charge in [-0.2, -0.15) is 5.10 Å². The fraction of sp³-hybridized carbons (Fsp3) is 0.125. The molecule has 0 aliphatic rings. The number of fused-ring (bicyclic) bond motifs is 1. The van der Waals surface area contributed by atoms with Crippen LogP contribution in [0.2, 0.25) is 0 Å². The van der Waals surface area contributed by atoms with Gasteiger partial charge in [-0.25, -0.2) is 15.2 Å². The van der Waals surface area contributed by atoms with Crippen molar-refractivity contribution in [2.45, 2.75) is 6.61 Å². The molecule has 0 atom stereocenters. The number of imidazole rings is 1. The molecular formula is C24H22N4O4. The average Bonchev–Trinajstić information content (AvgIpc) is 3.25. The van der Waals surface area contributed by atoms with Crippen molar-refractivity contribution in [2.24, 2.45) is 5.10 Å². The molecular weight excluding hydrogens is 408 g/mol. The number of H-pyrrole nitrogens is 1. The Kier molecular flexibility index (Phi) is 6.31. The number of hydrogen-bond acceptors (Lipinski definition) is 7. The van der Waals surface area contributed by atoms with E-state index in [1.54, 1.807) is 25.5 Å². The van der Waals surface area contributed by atoms with Crippen molar-refractivity contribution in [3.8, 4) is 11.5 Å². The molecule has 0 saturated heterocycles. The van der Waals surface area contributed by atoms with Crippen LogP contribution in [0.15, 0.2) is 71.8 Å². The van der Waals surface area contributed by atoms with Gasteiger partial charge in [-0.3, -0.25) is 0 Å². The Labute approximate surface area is 184 Å². The lowest BCUT2D eigenvalue weighted by Gasteiger charge is -2.11. The van der Waals surface area contributed by atoms with E-state index < -0.39 is 0 Å². The lowest BCUT2D eigenvalue weighted by Crippen LogP contribution is -2.02. The minimum absolute atomic E-state index is 0.332. The van der Waals surface area contributed by atoms with E-state index in [4.69, 9.17) is 14.2 Å². The number of aromatic nitrogens is 2. The predicted octanol–water partition coefficient (Wildman–Crippen LogP) is 4.38. The van der Waals surface area contributed by atoms with Crippen LogP contribution in [-0.2, 0) is 11.3 Å². The lowest BCUT2D eigenvalue weighted by molar-refractivity contribution is 0.0600. The van der Waals surface area contributed by atoms with Gasteiger partial charge in [0.15, 0.2) is 11.5 Å². The van der Waals surface area contributed by atoms with E-state index in [0.29, 0.717) is 29.6 Å². The number of rotatable bonds is 8. The minimum Gasteiger partial charge on any atom is -0.493 e. The molecule has 0 aliphatic heterocycles. The molecule has 32 heavy (non-hydrogen) atoms. The lowest BCUT2D eigenvalue weighted by atomic mass is 10.1. The quantitative estimate of drug-likeness (QED) is 0.245. The van der Waals surface area contributed by atoms with Crippen LogP contribution in [0.4, 0.5) is 5.95 Å². The van der Waals surface area contributed by atoms with Crippen LogP contribution in [0.1, 0.15) is 21.5 Å². The number of hydrazone groups is 1. The van der Waals surface area contributed by atoms with Gasteiger partial charge >= 0.3 is 5.97 Å². The average molecular weight is 430 g/mol. The summed E-state index contributed by atoms with van der Waals surface area (Å²) in [5.74, 6) is 1.38. The van der Waals surface area contributed by atoms with Crippen molar-refractivity contribution in [2.75, 3.05) is 19.6 Å². The summed E-state index contributed by atoms with van der Waals surface area (Å²) in [5, 5.41) is 4.23. The summed E-state index contributed by atoms with van der Waals surface area (Å²) < 4.78 is 16.1. The number of para-hydroxylation sites is 2. The summed E-state index contributed by atoms with van der Waals surface area (Å²) in [4.78, 5) is 19.1. The van der Waals surface area contributed by atoms with Crippen molar-refractivity contribution in [1.82, 2.24) is 9.97 Å². The predicted molar refractivity (Wildman–Crippen MR) is 122 cm³/mol. The van der Waals surface area contributed by atoms with Gasteiger partial charge in [0.1, 0.15) is 6.61 Å². The molecule has 0 radical (unpaired) electrons. The zero-order valence-corrected chi connectivity index (χ0v) is 17.7. The summed E-state index contributed by atoms with van der Waals surface area (Å²) in [6.45, 7) is 0.332. The van der Waals surface area contributed by atoms with E-state index in [2.05, 4.69) is 20.5 Å². The van der Waals surface area contributed by atoms with Gasteiger partial charge < -0.3 is 19.2 Å². The van der Waals surface area contributed by atoms with Gasteiger partial charge in [0.25, 0.3) is 0 Å². The first-order valence-corrected chi connectivity index (χ1v) is 9.88. The third kappa shape index (κ3) is 4.86. The second-order valence-corrected chi connectivity index (χ2v) is 6.86. The highest BCUT2D eigenvalue weighted by Gasteiger charge is 2.08. The highest BCUT2D eigenvalue weighted by Crippen LogP contribution is 2.28. The van der Waals surface area contributed by atoms with Crippen molar-refractivity contribution < 1.29 is 19.0 Å². The molecule has 2 N–H and O–H groups in total. The Morgan fingerprint density at radius 3 is 2.62 bits per heavy atom. The van der Waals surface area contributed by atoms with Crippen LogP contribution in [0.5, 0.6) is 11.5 Å². The number of aromatic amines is 1. The van der Waals surface area contributed by atoms with Crippen LogP contribution in [-0.4, -0.2) is 36.4 Å². The van der Waals surface area contributed by atoms with Crippen molar-refractivity contribution in [3.05, 3.63) is 83.4 Å². The van der Waals surface area contributed by atoms with E-state index in [-0.39, 0.29) is 5.97 Å². The van der Waals surface area contributed by atoms with Gasteiger partial charge in [0.2, 0.25) is 5.95 Å². The zero-order chi connectivity index (χ0) is 22.3. The number of benzene rings is 3. The standard InChI is InChI=1S/C24H22N4O4/c1-30-22-13-17(14-25-28-24-26-19-5-3-4-6-20(19)27-24)9-12-21(22)32-15-16-7-10-18(11-8-16)23(29)31-2/h3-14H,15H2,1-2H3,(H2,26,27,28)/b25-14+. The Morgan fingerprint density at radius 1 is 1.06 bits per heavy atom. The SMILES string of the molecule is COC(=O)c1ccc(COc2ccc(/C=N/Nc3nc4ccccc4[nH]3)cc2OC)cc1. The number of hydrogen-bond donors (Lipinski definition) is 2. The molecule has 0 bridgehead atoms. The van der Waals surface area contributed by atoms with Crippen molar-refractivity contribution in [1.29, 1.82) is 0 Å². The summed E-state index contributed by atoms with van der Waals surface area (Å²) in [6.07, 6.45) is 1.67. The largest absolute Gasteiger partial charge is 0.493 e. The van der Waals surface area contributed by atoms with Crippen LogP contribution in [0, 0.1) is 0 Å². The number of nitrogens with zero attached hydrogens (tertiary/aromatic N) is 2. The first kappa shape index (κ1) is 20.9. The molecule has 1 heterocycles.